The van der Waals surface area contributed by atoms with Gasteiger partial charge in [0.15, 0.2) is 5.69 Å². The van der Waals surface area contributed by atoms with Crippen molar-refractivity contribution in [1.29, 1.82) is 0 Å². The Labute approximate surface area is 155 Å². The zero-order chi connectivity index (χ0) is 18.4. The fourth-order valence-corrected chi connectivity index (χ4v) is 4.11. The molecule has 0 aromatic carbocycles. The number of aromatic amines is 1. The van der Waals surface area contributed by atoms with Gasteiger partial charge in [-0.2, -0.15) is 5.10 Å². The number of nitrogens with one attached hydrogen (secondary N) is 2. The molecule has 2 amide bonds. The van der Waals surface area contributed by atoms with E-state index in [1.807, 2.05) is 17.2 Å². The summed E-state index contributed by atoms with van der Waals surface area (Å²) < 4.78 is 1.62. The molecule has 1 fully saturated rings. The van der Waals surface area contributed by atoms with Gasteiger partial charge < -0.3 is 15.2 Å². The molecule has 0 atom stereocenters. The number of hydrogen-bond acceptors (Lipinski definition) is 4. The van der Waals surface area contributed by atoms with Crippen molar-refractivity contribution in [3.63, 3.8) is 0 Å². The molecule has 0 spiro atoms. The third-order valence-corrected chi connectivity index (χ3v) is 5.55. The van der Waals surface area contributed by atoms with Gasteiger partial charge in [0.1, 0.15) is 11.3 Å². The number of H-pyrrole nitrogens is 1. The minimum absolute atomic E-state index is 0.0938. The molecule has 27 heavy (non-hydrogen) atoms. The summed E-state index contributed by atoms with van der Waals surface area (Å²) in [6.45, 7) is 2.52. The largest absolute Gasteiger partial charge is 0.349 e. The minimum Gasteiger partial charge on any atom is -0.349 e. The Hall–Kier alpha value is -3.16. The maximum atomic E-state index is 12.8. The summed E-state index contributed by atoms with van der Waals surface area (Å²) in [6.07, 6.45) is 5.64. The molecule has 0 saturated carbocycles. The smallest absolute Gasteiger partial charge is 0.274 e. The molecule has 1 saturated heterocycles. The van der Waals surface area contributed by atoms with Crippen molar-refractivity contribution >= 4 is 22.8 Å². The molecule has 3 aromatic rings. The maximum Gasteiger partial charge on any atom is 0.274 e. The van der Waals surface area contributed by atoms with Gasteiger partial charge >= 0.3 is 0 Å². The predicted molar refractivity (Wildman–Crippen MR) is 98.5 cm³/mol. The van der Waals surface area contributed by atoms with Crippen LogP contribution in [0.5, 0.6) is 0 Å². The highest BCUT2D eigenvalue weighted by Crippen LogP contribution is 2.32. The fourth-order valence-electron chi connectivity index (χ4n) is 4.11. The van der Waals surface area contributed by atoms with Crippen molar-refractivity contribution in [3.05, 3.63) is 47.5 Å². The van der Waals surface area contributed by atoms with Gasteiger partial charge in [0, 0.05) is 43.5 Å². The topological polar surface area (TPSA) is 95.9 Å². The fraction of sp³-hybridized carbons (Fsp3) is 0.368. The maximum absolute atomic E-state index is 12.8. The number of amides is 2. The van der Waals surface area contributed by atoms with Crippen molar-refractivity contribution < 1.29 is 9.59 Å². The van der Waals surface area contributed by atoms with Crippen molar-refractivity contribution in [2.75, 3.05) is 19.6 Å². The number of hydrogen-bond donors (Lipinski definition) is 2. The number of piperidine rings is 1. The lowest BCUT2D eigenvalue weighted by molar-refractivity contribution is 0.0706. The van der Waals surface area contributed by atoms with Crippen LogP contribution < -0.4 is 5.32 Å². The molecule has 0 aliphatic carbocycles. The monoisotopic (exact) mass is 364 g/mol. The average molecular weight is 364 g/mol. The van der Waals surface area contributed by atoms with E-state index in [1.165, 1.54) is 5.56 Å². The number of aromatic nitrogens is 4. The molecule has 2 aliphatic heterocycles. The third-order valence-electron chi connectivity index (χ3n) is 5.55. The van der Waals surface area contributed by atoms with Gasteiger partial charge in [-0.25, -0.2) is 4.98 Å². The van der Waals surface area contributed by atoms with Gasteiger partial charge in [0.25, 0.3) is 11.8 Å². The molecule has 0 unspecified atom stereocenters. The Balaban J connectivity index is 1.30. The van der Waals surface area contributed by atoms with Crippen molar-refractivity contribution in [2.24, 2.45) is 0 Å². The van der Waals surface area contributed by atoms with E-state index in [9.17, 15) is 9.59 Å². The normalized spacial score (nSPS) is 17.8. The number of nitrogens with zero attached hydrogens (tertiary/aromatic N) is 4. The average Bonchev–Trinajstić information content (AvgIpc) is 3.33. The van der Waals surface area contributed by atoms with Crippen LogP contribution in [-0.4, -0.2) is 56.1 Å². The highest BCUT2D eigenvalue weighted by molar-refractivity contribution is 5.98. The van der Waals surface area contributed by atoms with E-state index < -0.39 is 0 Å². The number of fused-ring (bicyclic) bond motifs is 2. The van der Waals surface area contributed by atoms with Crippen LogP contribution in [0.3, 0.4) is 0 Å². The van der Waals surface area contributed by atoms with Gasteiger partial charge in [-0.05, 0) is 36.5 Å². The molecule has 2 aliphatic rings. The number of likely N-dealkylation sites (tertiary alicyclic amines) is 1. The van der Waals surface area contributed by atoms with E-state index in [2.05, 4.69) is 26.4 Å². The van der Waals surface area contributed by atoms with E-state index in [1.54, 1.807) is 16.9 Å². The number of carbonyl (C=O) groups is 2. The molecule has 0 radical (unpaired) electrons. The van der Waals surface area contributed by atoms with Crippen LogP contribution in [0, 0.1) is 0 Å². The summed E-state index contributed by atoms with van der Waals surface area (Å²) in [5.74, 6) is 0.149. The zero-order valence-electron chi connectivity index (χ0n) is 14.8. The van der Waals surface area contributed by atoms with Gasteiger partial charge in [-0.1, -0.05) is 0 Å². The highest BCUT2D eigenvalue weighted by atomic mass is 16.2. The van der Waals surface area contributed by atoms with E-state index >= 15 is 0 Å². The van der Waals surface area contributed by atoms with Crippen LogP contribution in [0.1, 0.15) is 45.3 Å². The van der Waals surface area contributed by atoms with Gasteiger partial charge in [0.2, 0.25) is 0 Å². The van der Waals surface area contributed by atoms with E-state index in [0.717, 1.165) is 23.9 Å². The van der Waals surface area contributed by atoms with Crippen molar-refractivity contribution in [1.82, 2.24) is 30.0 Å². The molecular weight excluding hydrogens is 344 g/mol. The Bertz CT molecular complexity index is 1030. The highest BCUT2D eigenvalue weighted by Gasteiger charge is 2.29. The molecule has 5 heterocycles. The quantitative estimate of drug-likeness (QED) is 0.721. The lowest BCUT2D eigenvalue weighted by Gasteiger charge is -2.31. The van der Waals surface area contributed by atoms with Gasteiger partial charge in [-0.3, -0.25) is 14.3 Å². The first kappa shape index (κ1) is 16.0. The summed E-state index contributed by atoms with van der Waals surface area (Å²) >= 11 is 0. The van der Waals surface area contributed by atoms with Crippen LogP contribution in [0.2, 0.25) is 0 Å². The van der Waals surface area contributed by atoms with Crippen molar-refractivity contribution in [3.8, 4) is 0 Å². The number of rotatable bonds is 2. The van der Waals surface area contributed by atoms with Crippen molar-refractivity contribution in [2.45, 2.75) is 25.3 Å². The predicted octanol–water partition coefficient (Wildman–Crippen LogP) is 1.52. The molecule has 0 bridgehead atoms. The Morgan fingerprint density at radius 1 is 1.22 bits per heavy atom. The van der Waals surface area contributed by atoms with Crippen LogP contribution in [-0.2, 0) is 6.54 Å². The molecule has 3 aromatic heterocycles. The molecule has 138 valence electrons. The second kappa shape index (κ2) is 6.22. The second-order valence-corrected chi connectivity index (χ2v) is 7.10. The Morgan fingerprint density at radius 3 is 2.89 bits per heavy atom. The van der Waals surface area contributed by atoms with Crippen LogP contribution in [0.15, 0.2) is 30.6 Å². The SMILES string of the molecule is O=C1NCCn2nc(C(=O)N3CCC(c4c[nH]c5ncccc45)CC3)cc21. The molecule has 5 rings (SSSR count). The first-order valence-corrected chi connectivity index (χ1v) is 9.28. The standard InChI is InChI=1S/C19H20N6O2/c26-18-16-10-15(23-25(16)9-6-21-18)19(27)24-7-3-12(4-8-24)14-11-22-17-13(14)2-1-5-20-17/h1-2,5,10-12H,3-4,6-9H2,(H,20,22)(H,21,26). The van der Waals surface area contributed by atoms with Crippen LogP contribution in [0.4, 0.5) is 0 Å². The molecule has 8 nitrogen and oxygen atoms in total. The van der Waals surface area contributed by atoms with Gasteiger partial charge in [-0.15, -0.1) is 0 Å². The summed E-state index contributed by atoms with van der Waals surface area (Å²) in [4.78, 5) is 34.1. The molecular formula is C19H20N6O2. The first-order chi connectivity index (χ1) is 13.2. The Kier molecular flexibility index (Phi) is 3.70. The van der Waals surface area contributed by atoms with E-state index in [-0.39, 0.29) is 11.8 Å². The minimum atomic E-state index is -0.167. The first-order valence-electron chi connectivity index (χ1n) is 9.28. The lowest BCUT2D eigenvalue weighted by Crippen LogP contribution is -2.38. The van der Waals surface area contributed by atoms with Crippen LogP contribution >= 0.6 is 0 Å². The summed E-state index contributed by atoms with van der Waals surface area (Å²) in [5, 5.41) is 8.27. The zero-order valence-corrected chi connectivity index (χ0v) is 14.8. The lowest BCUT2D eigenvalue weighted by atomic mass is 9.89. The number of pyridine rings is 1. The summed E-state index contributed by atoms with van der Waals surface area (Å²) in [7, 11) is 0. The molecule has 2 N–H and O–H groups in total. The number of carbonyl (C=O) groups excluding carboxylic acids is 2. The third kappa shape index (κ3) is 2.68. The van der Waals surface area contributed by atoms with E-state index in [4.69, 9.17) is 0 Å². The van der Waals surface area contributed by atoms with Gasteiger partial charge in [0.05, 0.1) is 6.54 Å². The summed E-state index contributed by atoms with van der Waals surface area (Å²) in [6, 6.07) is 5.65. The second-order valence-electron chi connectivity index (χ2n) is 7.10. The molecule has 8 heteroatoms. The summed E-state index contributed by atoms with van der Waals surface area (Å²) in [5.41, 5.74) is 3.01. The van der Waals surface area contributed by atoms with Crippen LogP contribution in [0.25, 0.3) is 11.0 Å². The van der Waals surface area contributed by atoms with E-state index in [0.29, 0.717) is 43.5 Å². The Morgan fingerprint density at radius 2 is 2.07 bits per heavy atom.